The number of anilines is 1. The number of hydrogen-bond donors (Lipinski definition) is 0. The van der Waals surface area contributed by atoms with E-state index in [0.29, 0.717) is 37.7 Å². The van der Waals surface area contributed by atoms with Gasteiger partial charge in [0.25, 0.3) is 0 Å². The minimum Gasteiger partial charge on any atom is -0.444 e. The topological polar surface area (TPSA) is 92.7 Å². The van der Waals surface area contributed by atoms with E-state index >= 15 is 0 Å². The van der Waals surface area contributed by atoms with Gasteiger partial charge in [-0.25, -0.2) is 18.2 Å². The predicted octanol–water partition coefficient (Wildman–Crippen LogP) is 2.60. The molecule has 1 saturated heterocycles. The standard InChI is InChI=1S/C20H26N4O4S/c1-20(2,3)28-19(25)24-13-11-23(12-14-24)18-17(21-9-10-22-18)15-5-7-16(8-6-15)29(4,26)27/h5-10H,11-14H2,1-4H3. The molecule has 0 aliphatic carbocycles. The summed E-state index contributed by atoms with van der Waals surface area (Å²) < 4.78 is 28.8. The first-order valence-corrected chi connectivity index (χ1v) is 11.3. The van der Waals surface area contributed by atoms with Gasteiger partial charge in [-0.05, 0) is 32.9 Å². The first-order valence-electron chi connectivity index (χ1n) is 9.39. The van der Waals surface area contributed by atoms with Crippen LogP contribution in [0.1, 0.15) is 20.8 Å². The Labute approximate surface area is 171 Å². The minimum absolute atomic E-state index is 0.262. The zero-order chi connectivity index (χ0) is 21.2. The molecule has 0 saturated carbocycles. The zero-order valence-electron chi connectivity index (χ0n) is 17.1. The third kappa shape index (κ3) is 5.23. The maximum Gasteiger partial charge on any atom is 0.410 e. The molecule has 1 amide bonds. The Morgan fingerprint density at radius 2 is 1.59 bits per heavy atom. The number of amides is 1. The summed E-state index contributed by atoms with van der Waals surface area (Å²) in [6, 6.07) is 6.62. The number of sulfone groups is 1. The molecule has 2 heterocycles. The van der Waals surface area contributed by atoms with Crippen molar-refractivity contribution < 1.29 is 17.9 Å². The van der Waals surface area contributed by atoms with Crippen LogP contribution in [0.3, 0.4) is 0 Å². The molecule has 0 atom stereocenters. The van der Waals surface area contributed by atoms with Gasteiger partial charge >= 0.3 is 6.09 Å². The van der Waals surface area contributed by atoms with Gasteiger partial charge in [0.15, 0.2) is 15.7 Å². The predicted molar refractivity (Wildman–Crippen MR) is 111 cm³/mol. The van der Waals surface area contributed by atoms with Crippen molar-refractivity contribution in [3.8, 4) is 11.3 Å². The monoisotopic (exact) mass is 418 g/mol. The molecule has 0 bridgehead atoms. The highest BCUT2D eigenvalue weighted by Gasteiger charge is 2.27. The maximum absolute atomic E-state index is 12.3. The number of carbonyl (C=O) groups excluding carboxylic acids is 1. The molecule has 1 aromatic carbocycles. The molecule has 1 fully saturated rings. The summed E-state index contributed by atoms with van der Waals surface area (Å²) in [6.07, 6.45) is 4.11. The smallest absolute Gasteiger partial charge is 0.410 e. The van der Waals surface area contributed by atoms with E-state index in [2.05, 4.69) is 14.9 Å². The van der Waals surface area contributed by atoms with Crippen molar-refractivity contribution in [3.05, 3.63) is 36.7 Å². The van der Waals surface area contributed by atoms with Gasteiger partial charge in [-0.15, -0.1) is 0 Å². The van der Waals surface area contributed by atoms with Crippen LogP contribution in [0, 0.1) is 0 Å². The van der Waals surface area contributed by atoms with Crippen molar-refractivity contribution in [2.45, 2.75) is 31.3 Å². The van der Waals surface area contributed by atoms with Gasteiger partial charge in [-0.3, -0.25) is 4.98 Å². The lowest BCUT2D eigenvalue weighted by Crippen LogP contribution is -2.50. The van der Waals surface area contributed by atoms with Crippen LogP contribution in [0.5, 0.6) is 0 Å². The second-order valence-corrected chi connectivity index (χ2v) is 10.00. The van der Waals surface area contributed by atoms with Gasteiger partial charge in [0, 0.05) is 50.4 Å². The fourth-order valence-electron chi connectivity index (χ4n) is 3.05. The fourth-order valence-corrected chi connectivity index (χ4v) is 3.68. The summed E-state index contributed by atoms with van der Waals surface area (Å²) in [5.74, 6) is 0.712. The number of rotatable bonds is 3. The second-order valence-electron chi connectivity index (χ2n) is 7.98. The molecule has 3 rings (SSSR count). The van der Waals surface area contributed by atoms with Gasteiger partial charge < -0.3 is 14.5 Å². The van der Waals surface area contributed by atoms with Crippen LogP contribution in [0.25, 0.3) is 11.3 Å². The molecular formula is C20H26N4O4S. The minimum atomic E-state index is -3.26. The van der Waals surface area contributed by atoms with Gasteiger partial charge in [-0.1, -0.05) is 12.1 Å². The van der Waals surface area contributed by atoms with Crippen molar-refractivity contribution in [1.82, 2.24) is 14.9 Å². The molecule has 0 spiro atoms. The Kier molecular flexibility index (Phi) is 5.79. The van der Waals surface area contributed by atoms with E-state index in [-0.39, 0.29) is 11.0 Å². The van der Waals surface area contributed by atoms with E-state index in [0.717, 1.165) is 5.56 Å². The highest BCUT2D eigenvalue weighted by Crippen LogP contribution is 2.28. The van der Waals surface area contributed by atoms with Crippen LogP contribution < -0.4 is 4.90 Å². The summed E-state index contributed by atoms with van der Waals surface area (Å²) in [5, 5.41) is 0. The summed E-state index contributed by atoms with van der Waals surface area (Å²) in [4.78, 5) is 25.2. The number of aromatic nitrogens is 2. The highest BCUT2D eigenvalue weighted by atomic mass is 32.2. The van der Waals surface area contributed by atoms with Gasteiger partial charge in [-0.2, -0.15) is 0 Å². The molecule has 1 aliphatic rings. The van der Waals surface area contributed by atoms with Gasteiger partial charge in [0.2, 0.25) is 0 Å². The Balaban J connectivity index is 1.76. The average molecular weight is 419 g/mol. The highest BCUT2D eigenvalue weighted by molar-refractivity contribution is 7.90. The number of benzene rings is 1. The number of carbonyl (C=O) groups is 1. The quantitative estimate of drug-likeness (QED) is 0.756. The number of piperazine rings is 1. The summed E-state index contributed by atoms with van der Waals surface area (Å²) in [5.41, 5.74) is 0.943. The normalized spacial score (nSPS) is 15.3. The molecule has 29 heavy (non-hydrogen) atoms. The van der Waals surface area contributed by atoms with Crippen LogP contribution in [-0.2, 0) is 14.6 Å². The SMILES string of the molecule is CC(C)(C)OC(=O)N1CCN(c2nccnc2-c2ccc(S(C)(=O)=O)cc2)CC1. The summed E-state index contributed by atoms with van der Waals surface area (Å²) >= 11 is 0. The van der Waals surface area contributed by atoms with E-state index in [1.807, 2.05) is 20.8 Å². The van der Waals surface area contributed by atoms with Gasteiger partial charge in [0.05, 0.1) is 4.90 Å². The molecule has 9 heteroatoms. The molecule has 1 aromatic heterocycles. The first kappa shape index (κ1) is 21.0. The Hall–Kier alpha value is -2.68. The number of ether oxygens (including phenoxy) is 1. The first-order chi connectivity index (χ1) is 13.5. The van der Waals surface area contributed by atoms with Crippen LogP contribution >= 0.6 is 0 Å². The Bertz CT molecular complexity index is 976. The van der Waals surface area contributed by atoms with Crippen molar-refractivity contribution in [2.75, 3.05) is 37.3 Å². The zero-order valence-corrected chi connectivity index (χ0v) is 17.9. The third-order valence-corrected chi connectivity index (χ3v) is 5.59. The lowest BCUT2D eigenvalue weighted by atomic mass is 10.1. The fraction of sp³-hybridized carbons (Fsp3) is 0.450. The number of hydrogen-bond acceptors (Lipinski definition) is 7. The number of nitrogens with zero attached hydrogens (tertiary/aromatic N) is 4. The van der Waals surface area contributed by atoms with Crippen molar-refractivity contribution in [2.24, 2.45) is 0 Å². The molecular weight excluding hydrogens is 392 g/mol. The van der Waals surface area contributed by atoms with Crippen molar-refractivity contribution >= 4 is 21.7 Å². The summed E-state index contributed by atoms with van der Waals surface area (Å²) in [7, 11) is -3.26. The molecule has 0 radical (unpaired) electrons. The lowest BCUT2D eigenvalue weighted by molar-refractivity contribution is 0.0240. The van der Waals surface area contributed by atoms with Gasteiger partial charge in [0.1, 0.15) is 11.3 Å². The molecule has 0 unspecified atom stereocenters. The van der Waals surface area contributed by atoms with E-state index < -0.39 is 15.4 Å². The Morgan fingerprint density at radius 3 is 2.14 bits per heavy atom. The Morgan fingerprint density at radius 1 is 1.00 bits per heavy atom. The molecule has 156 valence electrons. The van der Waals surface area contributed by atoms with E-state index in [1.165, 1.54) is 6.26 Å². The van der Waals surface area contributed by atoms with Crippen LogP contribution in [0.2, 0.25) is 0 Å². The van der Waals surface area contributed by atoms with E-state index in [1.54, 1.807) is 41.6 Å². The molecule has 2 aromatic rings. The lowest BCUT2D eigenvalue weighted by Gasteiger charge is -2.36. The van der Waals surface area contributed by atoms with E-state index in [4.69, 9.17) is 4.74 Å². The van der Waals surface area contributed by atoms with E-state index in [9.17, 15) is 13.2 Å². The average Bonchev–Trinajstić information content (AvgIpc) is 2.66. The second kappa shape index (κ2) is 7.98. The van der Waals surface area contributed by atoms with Crippen molar-refractivity contribution in [1.29, 1.82) is 0 Å². The summed E-state index contributed by atoms with van der Waals surface area (Å²) in [6.45, 7) is 7.81. The third-order valence-electron chi connectivity index (χ3n) is 4.47. The van der Waals surface area contributed by atoms with Crippen LogP contribution in [-0.4, -0.2) is 67.4 Å². The maximum atomic E-state index is 12.3. The van der Waals surface area contributed by atoms with Crippen LogP contribution in [0.15, 0.2) is 41.6 Å². The van der Waals surface area contributed by atoms with Crippen LogP contribution in [0.4, 0.5) is 10.6 Å². The van der Waals surface area contributed by atoms with Crippen molar-refractivity contribution in [3.63, 3.8) is 0 Å². The molecule has 1 aliphatic heterocycles. The largest absolute Gasteiger partial charge is 0.444 e. The molecule has 8 nitrogen and oxygen atoms in total. The molecule has 0 N–H and O–H groups in total.